The Balaban J connectivity index is 1.87. The number of methoxy groups -OCH3 is 2. The highest BCUT2D eigenvalue weighted by molar-refractivity contribution is 6.05. The highest BCUT2D eigenvalue weighted by atomic mass is 19.1. The summed E-state index contributed by atoms with van der Waals surface area (Å²) in [4.78, 5) is 12.5. The molecule has 1 aliphatic heterocycles. The molecular formula is C18H19FN2O3. The maximum Gasteiger partial charge on any atom is 0.256 e. The number of halogens is 1. The van der Waals surface area contributed by atoms with Gasteiger partial charge in [0, 0.05) is 18.2 Å². The maximum absolute atomic E-state index is 14.6. The smallest absolute Gasteiger partial charge is 0.256 e. The van der Waals surface area contributed by atoms with Crippen molar-refractivity contribution >= 4 is 11.6 Å². The predicted molar refractivity (Wildman–Crippen MR) is 89.3 cm³/mol. The Morgan fingerprint density at radius 3 is 2.54 bits per heavy atom. The molecule has 0 aliphatic carbocycles. The molecule has 1 aliphatic rings. The van der Waals surface area contributed by atoms with Gasteiger partial charge in [0.15, 0.2) is 0 Å². The largest absolute Gasteiger partial charge is 0.497 e. The molecule has 0 atom stereocenters. The lowest BCUT2D eigenvalue weighted by molar-refractivity contribution is 0.102. The summed E-state index contributed by atoms with van der Waals surface area (Å²) in [6, 6.07) is 8.27. The average molecular weight is 330 g/mol. The van der Waals surface area contributed by atoms with Crippen molar-refractivity contribution in [1.29, 1.82) is 0 Å². The quantitative estimate of drug-likeness (QED) is 0.905. The highest BCUT2D eigenvalue weighted by Crippen LogP contribution is 2.26. The number of hydrogen-bond donors (Lipinski definition) is 2. The number of fused-ring (bicyclic) bond motifs is 1. The number of anilines is 1. The number of carbonyl (C=O) groups is 1. The fraction of sp³-hybridized carbons (Fsp3) is 0.278. The van der Waals surface area contributed by atoms with Crippen molar-refractivity contribution in [3.63, 3.8) is 0 Å². The summed E-state index contributed by atoms with van der Waals surface area (Å²) in [7, 11) is 3.02. The number of benzene rings is 2. The number of hydrogen-bond acceptors (Lipinski definition) is 4. The molecule has 24 heavy (non-hydrogen) atoms. The first-order valence-electron chi connectivity index (χ1n) is 7.67. The summed E-state index contributed by atoms with van der Waals surface area (Å²) in [6.45, 7) is 1.38. The first-order chi connectivity index (χ1) is 11.6. The molecule has 0 fully saturated rings. The van der Waals surface area contributed by atoms with Gasteiger partial charge >= 0.3 is 0 Å². The zero-order valence-corrected chi connectivity index (χ0v) is 13.6. The van der Waals surface area contributed by atoms with Crippen LogP contribution in [0.1, 0.15) is 21.5 Å². The van der Waals surface area contributed by atoms with Gasteiger partial charge in [-0.1, -0.05) is 6.07 Å². The summed E-state index contributed by atoms with van der Waals surface area (Å²) in [6.07, 6.45) is 0.609. The minimum absolute atomic E-state index is 0.183. The number of amides is 1. The second-order valence-electron chi connectivity index (χ2n) is 5.55. The fourth-order valence-corrected chi connectivity index (χ4v) is 2.76. The van der Waals surface area contributed by atoms with Crippen LogP contribution in [0.15, 0.2) is 30.3 Å². The van der Waals surface area contributed by atoms with E-state index in [4.69, 9.17) is 9.47 Å². The van der Waals surface area contributed by atoms with Crippen LogP contribution in [0.4, 0.5) is 10.1 Å². The predicted octanol–water partition coefficient (Wildman–Crippen LogP) is 2.74. The van der Waals surface area contributed by atoms with Crippen molar-refractivity contribution in [2.24, 2.45) is 0 Å². The van der Waals surface area contributed by atoms with E-state index in [1.54, 1.807) is 24.3 Å². The summed E-state index contributed by atoms with van der Waals surface area (Å²) in [5.41, 5.74) is 2.11. The van der Waals surface area contributed by atoms with Crippen molar-refractivity contribution in [2.75, 3.05) is 26.1 Å². The topological polar surface area (TPSA) is 59.6 Å². The average Bonchev–Trinajstić information content (AvgIpc) is 2.63. The van der Waals surface area contributed by atoms with E-state index in [1.807, 2.05) is 6.07 Å². The minimum Gasteiger partial charge on any atom is -0.497 e. The van der Waals surface area contributed by atoms with Gasteiger partial charge in [0.2, 0.25) is 0 Å². The summed E-state index contributed by atoms with van der Waals surface area (Å²) < 4.78 is 24.9. The fourth-order valence-electron chi connectivity index (χ4n) is 2.76. The molecular weight excluding hydrogens is 311 g/mol. The SMILES string of the molecule is COc1cc(OC)cc(C(=O)Nc2ccc3c(c2F)CCNC3)c1. The Hall–Kier alpha value is -2.60. The van der Waals surface area contributed by atoms with Crippen LogP contribution in [0.2, 0.25) is 0 Å². The lowest BCUT2D eigenvalue weighted by Gasteiger charge is -2.19. The standard InChI is InChI=1S/C18H19FN2O3/c1-23-13-7-12(8-14(9-13)24-2)18(22)21-16-4-3-11-10-20-6-5-15(11)17(16)19/h3-4,7-9,20H,5-6,10H2,1-2H3,(H,21,22). The van der Waals surface area contributed by atoms with Crippen LogP contribution in [-0.4, -0.2) is 26.7 Å². The monoisotopic (exact) mass is 330 g/mol. The van der Waals surface area contributed by atoms with E-state index in [0.717, 1.165) is 12.1 Å². The van der Waals surface area contributed by atoms with Gasteiger partial charge < -0.3 is 20.1 Å². The van der Waals surface area contributed by atoms with Crippen molar-refractivity contribution in [3.8, 4) is 11.5 Å². The van der Waals surface area contributed by atoms with Crippen LogP contribution in [-0.2, 0) is 13.0 Å². The van der Waals surface area contributed by atoms with E-state index in [2.05, 4.69) is 10.6 Å². The Bertz CT molecular complexity index is 755. The van der Waals surface area contributed by atoms with Crippen molar-refractivity contribution in [2.45, 2.75) is 13.0 Å². The summed E-state index contributed by atoms with van der Waals surface area (Å²) in [5, 5.41) is 5.83. The molecule has 0 spiro atoms. The van der Waals surface area contributed by atoms with Gasteiger partial charge in [-0.25, -0.2) is 4.39 Å². The van der Waals surface area contributed by atoms with Crippen LogP contribution in [0.5, 0.6) is 11.5 Å². The zero-order valence-electron chi connectivity index (χ0n) is 13.6. The van der Waals surface area contributed by atoms with Gasteiger partial charge in [0.05, 0.1) is 19.9 Å². The molecule has 0 radical (unpaired) electrons. The minimum atomic E-state index is -0.417. The Labute approximate surface area is 139 Å². The molecule has 5 nitrogen and oxygen atoms in total. The normalized spacial score (nSPS) is 13.1. The molecule has 0 saturated carbocycles. The van der Waals surface area contributed by atoms with Gasteiger partial charge in [-0.2, -0.15) is 0 Å². The van der Waals surface area contributed by atoms with Crippen molar-refractivity contribution in [1.82, 2.24) is 5.32 Å². The molecule has 1 heterocycles. The molecule has 1 amide bonds. The third kappa shape index (κ3) is 3.19. The zero-order chi connectivity index (χ0) is 17.1. The van der Waals surface area contributed by atoms with Crippen molar-refractivity contribution < 1.29 is 18.7 Å². The highest BCUT2D eigenvalue weighted by Gasteiger charge is 2.18. The summed E-state index contributed by atoms with van der Waals surface area (Å²) in [5.74, 6) is 0.213. The second-order valence-corrected chi connectivity index (χ2v) is 5.55. The van der Waals surface area contributed by atoms with E-state index >= 15 is 0 Å². The molecule has 2 N–H and O–H groups in total. The molecule has 0 unspecified atom stereocenters. The number of nitrogens with one attached hydrogen (secondary N) is 2. The molecule has 0 bridgehead atoms. The lowest BCUT2D eigenvalue weighted by Crippen LogP contribution is -2.25. The van der Waals surface area contributed by atoms with Gasteiger partial charge in [-0.05, 0) is 42.3 Å². The van der Waals surface area contributed by atoms with Crippen LogP contribution in [0, 0.1) is 5.82 Å². The van der Waals surface area contributed by atoms with E-state index < -0.39 is 5.91 Å². The maximum atomic E-state index is 14.6. The van der Waals surface area contributed by atoms with E-state index in [1.165, 1.54) is 14.2 Å². The molecule has 0 saturated heterocycles. The van der Waals surface area contributed by atoms with Gasteiger partial charge in [0.25, 0.3) is 5.91 Å². The first kappa shape index (κ1) is 16.3. The molecule has 6 heteroatoms. The van der Waals surface area contributed by atoms with Crippen LogP contribution >= 0.6 is 0 Å². The van der Waals surface area contributed by atoms with Gasteiger partial charge in [-0.3, -0.25) is 4.79 Å². The van der Waals surface area contributed by atoms with Crippen LogP contribution in [0.25, 0.3) is 0 Å². The number of ether oxygens (including phenoxy) is 2. The molecule has 0 aromatic heterocycles. The van der Waals surface area contributed by atoms with Crippen LogP contribution in [0.3, 0.4) is 0 Å². The molecule has 2 aromatic rings. The lowest BCUT2D eigenvalue weighted by atomic mass is 9.99. The Morgan fingerprint density at radius 1 is 1.17 bits per heavy atom. The summed E-state index contributed by atoms with van der Waals surface area (Å²) >= 11 is 0. The number of carbonyl (C=O) groups excluding carboxylic acids is 1. The van der Waals surface area contributed by atoms with Gasteiger partial charge in [0.1, 0.15) is 17.3 Å². The molecule has 126 valence electrons. The van der Waals surface area contributed by atoms with Crippen LogP contribution < -0.4 is 20.1 Å². The number of rotatable bonds is 4. The second kappa shape index (κ2) is 6.88. The molecule has 2 aromatic carbocycles. The Kier molecular flexibility index (Phi) is 4.66. The third-order valence-electron chi connectivity index (χ3n) is 4.07. The molecule has 3 rings (SSSR count). The van der Waals surface area contributed by atoms with E-state index in [-0.39, 0.29) is 11.5 Å². The van der Waals surface area contributed by atoms with E-state index in [9.17, 15) is 9.18 Å². The van der Waals surface area contributed by atoms with Gasteiger partial charge in [-0.15, -0.1) is 0 Å². The first-order valence-corrected chi connectivity index (χ1v) is 7.67. The van der Waals surface area contributed by atoms with Crippen molar-refractivity contribution in [3.05, 3.63) is 52.8 Å². The van der Waals surface area contributed by atoms with E-state index in [0.29, 0.717) is 35.6 Å². The Morgan fingerprint density at radius 2 is 1.88 bits per heavy atom. The third-order valence-corrected chi connectivity index (χ3v) is 4.07.